The largest absolute Gasteiger partial charge is 0.464 e. The molecule has 0 saturated heterocycles. The van der Waals surface area contributed by atoms with Gasteiger partial charge in [-0.15, -0.1) is 0 Å². The van der Waals surface area contributed by atoms with Crippen molar-refractivity contribution in [2.45, 2.75) is 0 Å². The first-order valence-electron chi connectivity index (χ1n) is 3.78. The van der Waals surface area contributed by atoms with Gasteiger partial charge in [0.25, 0.3) is 0 Å². The van der Waals surface area contributed by atoms with Crippen molar-refractivity contribution >= 4 is 33.3 Å². The summed E-state index contributed by atoms with van der Waals surface area (Å²) in [4.78, 5) is 11.0. The average molecular weight is 257 g/mol. The monoisotopic (exact) mass is 256 g/mol. The number of ether oxygens (including phenoxy) is 1. The molecule has 0 atom stereocenters. The number of nitrogens with one attached hydrogen (secondary N) is 1. The van der Waals surface area contributed by atoms with Crippen molar-refractivity contribution in [3.8, 4) is 0 Å². The fourth-order valence-electron chi connectivity index (χ4n) is 0.973. The van der Waals surface area contributed by atoms with Gasteiger partial charge in [-0.1, -0.05) is 15.9 Å². The van der Waals surface area contributed by atoms with E-state index in [9.17, 15) is 4.79 Å². The highest BCUT2D eigenvalue weighted by Crippen LogP contribution is 2.19. The summed E-state index contributed by atoms with van der Waals surface area (Å²) in [5.74, 6) is -0.695. The van der Waals surface area contributed by atoms with Crippen molar-refractivity contribution in [1.29, 1.82) is 5.41 Å². The molecule has 1 aromatic carbocycles. The predicted octanol–water partition coefficient (Wildman–Crippen LogP) is 1.57. The van der Waals surface area contributed by atoms with Crippen LogP contribution in [0.4, 0.5) is 5.69 Å². The normalized spacial score (nSPS) is 9.57. The molecular weight excluding hydrogens is 248 g/mol. The van der Waals surface area contributed by atoms with E-state index in [0.29, 0.717) is 11.3 Å². The van der Waals surface area contributed by atoms with Crippen LogP contribution >= 0.6 is 15.9 Å². The molecule has 0 aliphatic carbocycles. The number of halogens is 1. The van der Waals surface area contributed by atoms with E-state index in [1.54, 1.807) is 18.2 Å². The van der Waals surface area contributed by atoms with E-state index < -0.39 is 5.97 Å². The maximum atomic E-state index is 11.0. The number of nitrogens with two attached hydrogens (primary N) is 1. The van der Waals surface area contributed by atoms with Crippen LogP contribution in [0.3, 0.4) is 0 Å². The summed E-state index contributed by atoms with van der Waals surface area (Å²) in [5, 5.41) is 7.48. The molecule has 0 aliphatic heterocycles. The quantitative estimate of drug-likeness (QED) is 0.479. The maximum Gasteiger partial charge on any atom is 0.356 e. The van der Waals surface area contributed by atoms with Crippen LogP contribution in [-0.4, -0.2) is 18.8 Å². The number of carbonyl (C=O) groups is 1. The Bertz CT molecular complexity index is 390. The third-order valence-corrected chi connectivity index (χ3v) is 2.17. The van der Waals surface area contributed by atoms with Gasteiger partial charge >= 0.3 is 5.97 Å². The first-order valence-corrected chi connectivity index (χ1v) is 4.58. The van der Waals surface area contributed by atoms with Crippen molar-refractivity contribution in [2.75, 3.05) is 12.8 Å². The number of hydrogen-bond acceptors (Lipinski definition) is 4. The lowest BCUT2D eigenvalue weighted by Gasteiger charge is -2.05. The van der Waals surface area contributed by atoms with Crippen LogP contribution in [0, 0.1) is 5.41 Å². The van der Waals surface area contributed by atoms with E-state index >= 15 is 0 Å². The molecule has 1 aromatic rings. The lowest BCUT2D eigenvalue weighted by molar-refractivity contribution is -0.132. The molecule has 14 heavy (non-hydrogen) atoms. The van der Waals surface area contributed by atoms with Gasteiger partial charge < -0.3 is 10.5 Å². The number of carbonyl (C=O) groups excluding carboxylic acids is 1. The molecule has 0 fully saturated rings. The zero-order valence-corrected chi connectivity index (χ0v) is 9.09. The Kier molecular flexibility index (Phi) is 3.24. The average Bonchev–Trinajstić information content (AvgIpc) is 2.15. The fraction of sp³-hybridized carbons (Fsp3) is 0.111. The fourth-order valence-corrected chi connectivity index (χ4v) is 1.35. The Morgan fingerprint density at radius 3 is 2.71 bits per heavy atom. The molecule has 3 N–H and O–H groups in total. The highest BCUT2D eigenvalue weighted by molar-refractivity contribution is 9.10. The van der Waals surface area contributed by atoms with Gasteiger partial charge in [0, 0.05) is 15.7 Å². The number of hydrogen-bond donors (Lipinski definition) is 2. The molecule has 74 valence electrons. The summed E-state index contributed by atoms with van der Waals surface area (Å²) in [6, 6.07) is 4.94. The SMILES string of the molecule is COC(=O)C(=N)c1ccc(Br)cc1N. The minimum Gasteiger partial charge on any atom is -0.464 e. The van der Waals surface area contributed by atoms with Gasteiger partial charge in [0.05, 0.1) is 7.11 Å². The molecule has 0 heterocycles. The zero-order valence-electron chi connectivity index (χ0n) is 7.50. The van der Waals surface area contributed by atoms with Gasteiger partial charge in [-0.05, 0) is 18.2 Å². The van der Waals surface area contributed by atoms with Crippen LogP contribution in [0.2, 0.25) is 0 Å². The van der Waals surface area contributed by atoms with Gasteiger partial charge in [0.15, 0.2) is 0 Å². The molecule has 5 heteroatoms. The summed E-state index contributed by atoms with van der Waals surface area (Å²) in [7, 11) is 1.23. The topological polar surface area (TPSA) is 76.2 Å². The molecule has 0 radical (unpaired) electrons. The molecule has 0 bridgehead atoms. The summed E-state index contributed by atoms with van der Waals surface area (Å²) in [6.45, 7) is 0. The lowest BCUT2D eigenvalue weighted by atomic mass is 10.1. The third kappa shape index (κ3) is 2.11. The highest BCUT2D eigenvalue weighted by Gasteiger charge is 2.14. The molecule has 0 amide bonds. The van der Waals surface area contributed by atoms with Crippen LogP contribution in [0.5, 0.6) is 0 Å². The summed E-state index contributed by atoms with van der Waals surface area (Å²) in [5.41, 5.74) is 6.14. The number of methoxy groups -OCH3 is 1. The van der Waals surface area contributed by atoms with Crippen LogP contribution in [0.1, 0.15) is 5.56 Å². The molecule has 0 saturated carbocycles. The molecule has 0 aliphatic rings. The van der Waals surface area contributed by atoms with Crippen molar-refractivity contribution in [3.63, 3.8) is 0 Å². The predicted molar refractivity (Wildman–Crippen MR) is 57.4 cm³/mol. The first kappa shape index (κ1) is 10.7. The van der Waals surface area contributed by atoms with E-state index in [1.165, 1.54) is 7.11 Å². The Morgan fingerprint density at radius 1 is 1.57 bits per heavy atom. The minimum absolute atomic E-state index is 0.238. The van der Waals surface area contributed by atoms with Crippen LogP contribution in [0.15, 0.2) is 22.7 Å². The molecular formula is C9H9BrN2O2. The van der Waals surface area contributed by atoms with E-state index in [4.69, 9.17) is 11.1 Å². The van der Waals surface area contributed by atoms with E-state index in [0.717, 1.165) is 4.47 Å². The Hall–Kier alpha value is -1.36. The highest BCUT2D eigenvalue weighted by atomic mass is 79.9. The van der Waals surface area contributed by atoms with Gasteiger partial charge in [0.1, 0.15) is 5.71 Å². The standard InChI is InChI=1S/C9H9BrN2O2/c1-14-9(13)8(12)6-3-2-5(10)4-7(6)11/h2-4,12H,11H2,1H3. The number of nitrogen functional groups attached to an aromatic ring is 1. The number of anilines is 1. The van der Waals surface area contributed by atoms with E-state index in [2.05, 4.69) is 20.7 Å². The molecule has 1 rings (SSSR count). The summed E-state index contributed by atoms with van der Waals surface area (Å²) < 4.78 is 5.22. The van der Waals surface area contributed by atoms with Gasteiger partial charge in [-0.25, -0.2) is 4.79 Å². The Morgan fingerprint density at radius 2 is 2.21 bits per heavy atom. The van der Waals surface area contributed by atoms with Gasteiger partial charge in [-0.2, -0.15) is 0 Å². The van der Waals surface area contributed by atoms with Crippen LogP contribution in [-0.2, 0) is 9.53 Å². The Balaban J connectivity index is 3.08. The maximum absolute atomic E-state index is 11.0. The molecule has 0 unspecified atom stereocenters. The zero-order chi connectivity index (χ0) is 10.7. The summed E-state index contributed by atoms with van der Waals surface area (Å²) in [6.07, 6.45) is 0. The third-order valence-electron chi connectivity index (χ3n) is 1.67. The first-order chi connectivity index (χ1) is 6.56. The van der Waals surface area contributed by atoms with Crippen LogP contribution in [0.25, 0.3) is 0 Å². The van der Waals surface area contributed by atoms with E-state index in [-0.39, 0.29) is 5.71 Å². The van der Waals surface area contributed by atoms with Crippen molar-refractivity contribution < 1.29 is 9.53 Å². The van der Waals surface area contributed by atoms with Crippen molar-refractivity contribution in [3.05, 3.63) is 28.2 Å². The van der Waals surface area contributed by atoms with Gasteiger partial charge in [-0.3, -0.25) is 5.41 Å². The second-order valence-corrected chi connectivity index (χ2v) is 3.51. The molecule has 0 aromatic heterocycles. The van der Waals surface area contributed by atoms with Gasteiger partial charge in [0.2, 0.25) is 0 Å². The Labute approximate surface area is 89.7 Å². The second kappa shape index (κ2) is 4.23. The number of benzene rings is 1. The van der Waals surface area contributed by atoms with E-state index in [1.807, 2.05) is 0 Å². The van der Waals surface area contributed by atoms with Crippen LogP contribution < -0.4 is 5.73 Å². The van der Waals surface area contributed by atoms with Crippen molar-refractivity contribution in [2.24, 2.45) is 0 Å². The summed E-state index contributed by atoms with van der Waals surface area (Å²) >= 11 is 3.23. The number of esters is 1. The lowest BCUT2D eigenvalue weighted by Crippen LogP contribution is -2.17. The second-order valence-electron chi connectivity index (χ2n) is 2.60. The number of rotatable bonds is 2. The smallest absolute Gasteiger partial charge is 0.356 e. The minimum atomic E-state index is -0.695. The molecule has 0 spiro atoms. The molecule has 4 nitrogen and oxygen atoms in total. The van der Waals surface area contributed by atoms with Crippen molar-refractivity contribution in [1.82, 2.24) is 0 Å².